The van der Waals surface area contributed by atoms with Gasteiger partial charge in [0.05, 0.1) is 27.9 Å². The summed E-state index contributed by atoms with van der Waals surface area (Å²) in [5.74, 6) is 3.23. The van der Waals surface area contributed by atoms with Crippen LogP contribution in [-0.2, 0) is 24.3 Å². The number of carbonyl (C=O) groups excluding carboxylic acids is 1. The molecule has 0 aliphatic carbocycles. The summed E-state index contributed by atoms with van der Waals surface area (Å²) in [6, 6.07) is 9.90. The van der Waals surface area contributed by atoms with Crippen LogP contribution in [0.4, 0.5) is 0 Å². The van der Waals surface area contributed by atoms with Gasteiger partial charge in [-0.15, -0.1) is 0 Å². The Balaban J connectivity index is 1.48. The molecule has 2 aliphatic rings. The molecule has 0 unspecified atom stereocenters. The fraction of sp³-hybridized carbons (Fsp3) is 0.480. The summed E-state index contributed by atoms with van der Waals surface area (Å²) in [6.45, 7) is 5.13. The summed E-state index contributed by atoms with van der Waals surface area (Å²) < 4.78 is 22.5. The monoisotopic (exact) mass is 440 g/mol. The van der Waals surface area contributed by atoms with Crippen molar-refractivity contribution in [3.05, 3.63) is 47.0 Å². The Morgan fingerprint density at radius 2 is 1.75 bits per heavy atom. The highest BCUT2D eigenvalue weighted by Gasteiger charge is 2.28. The zero-order valence-electron chi connectivity index (χ0n) is 19.3. The van der Waals surface area contributed by atoms with Crippen LogP contribution in [-0.4, -0.2) is 62.8 Å². The quantitative estimate of drug-likeness (QED) is 0.687. The maximum Gasteiger partial charge on any atom is 0.237 e. The lowest BCUT2D eigenvalue weighted by Gasteiger charge is -2.32. The van der Waals surface area contributed by atoms with E-state index in [0.29, 0.717) is 38.5 Å². The lowest BCUT2D eigenvalue weighted by atomic mass is 9.98. The standard InChI is InChI=1S/C25H32N2O5/c1-5-20-15-26(13-19-10-21(29-2)6-7-22(19)32-20)16-25(28)27-9-8-17-11-23(30-3)24(31-4)12-18(17)14-27/h6-7,10-12,20H,5,8-9,13-16H2,1-4H3/t20-/m0/s1. The van der Waals surface area contributed by atoms with Crippen molar-refractivity contribution >= 4 is 5.91 Å². The molecule has 2 aromatic carbocycles. The highest BCUT2D eigenvalue weighted by Crippen LogP contribution is 2.34. The molecule has 1 amide bonds. The van der Waals surface area contributed by atoms with Crippen molar-refractivity contribution in [1.82, 2.24) is 9.80 Å². The van der Waals surface area contributed by atoms with Gasteiger partial charge in [0.15, 0.2) is 11.5 Å². The topological polar surface area (TPSA) is 60.5 Å². The number of amides is 1. The van der Waals surface area contributed by atoms with Crippen LogP contribution in [0.3, 0.4) is 0 Å². The van der Waals surface area contributed by atoms with Gasteiger partial charge in [0.2, 0.25) is 5.91 Å². The Morgan fingerprint density at radius 1 is 1.00 bits per heavy atom. The molecule has 0 bridgehead atoms. The Labute approximate surface area is 189 Å². The molecule has 2 heterocycles. The summed E-state index contributed by atoms with van der Waals surface area (Å²) in [6.07, 6.45) is 1.74. The number of hydrogen-bond acceptors (Lipinski definition) is 6. The highest BCUT2D eigenvalue weighted by atomic mass is 16.5. The minimum absolute atomic E-state index is 0.0521. The lowest BCUT2D eigenvalue weighted by molar-refractivity contribution is -0.133. The van der Waals surface area contributed by atoms with Crippen molar-refractivity contribution in [3.63, 3.8) is 0 Å². The van der Waals surface area contributed by atoms with E-state index in [1.54, 1.807) is 21.3 Å². The summed E-state index contributed by atoms with van der Waals surface area (Å²) in [5, 5.41) is 0. The van der Waals surface area contributed by atoms with E-state index in [1.165, 1.54) is 5.56 Å². The fourth-order valence-corrected chi connectivity index (χ4v) is 4.45. The second kappa shape index (κ2) is 9.69. The van der Waals surface area contributed by atoms with Crippen molar-refractivity contribution in [2.24, 2.45) is 0 Å². The predicted octanol–water partition coefficient (Wildman–Crippen LogP) is 3.27. The first-order valence-electron chi connectivity index (χ1n) is 11.1. The number of carbonyl (C=O) groups is 1. The van der Waals surface area contributed by atoms with Gasteiger partial charge in [-0.05, 0) is 54.3 Å². The highest BCUT2D eigenvalue weighted by molar-refractivity contribution is 5.78. The molecule has 32 heavy (non-hydrogen) atoms. The van der Waals surface area contributed by atoms with Crippen LogP contribution < -0.4 is 18.9 Å². The molecule has 0 spiro atoms. The maximum absolute atomic E-state index is 13.3. The third-order valence-corrected chi connectivity index (χ3v) is 6.30. The molecule has 7 heteroatoms. The molecule has 4 rings (SSSR count). The van der Waals surface area contributed by atoms with E-state index in [-0.39, 0.29) is 12.0 Å². The van der Waals surface area contributed by atoms with Crippen LogP contribution in [0.2, 0.25) is 0 Å². The van der Waals surface area contributed by atoms with Crippen molar-refractivity contribution in [3.8, 4) is 23.0 Å². The van der Waals surface area contributed by atoms with E-state index in [9.17, 15) is 4.79 Å². The largest absolute Gasteiger partial charge is 0.497 e. The molecule has 0 fully saturated rings. The minimum atomic E-state index is 0.0521. The Morgan fingerprint density at radius 3 is 2.44 bits per heavy atom. The van der Waals surface area contributed by atoms with Crippen LogP contribution in [0, 0.1) is 0 Å². The number of methoxy groups -OCH3 is 3. The Hall–Kier alpha value is -2.93. The smallest absolute Gasteiger partial charge is 0.237 e. The molecule has 2 aliphatic heterocycles. The number of fused-ring (bicyclic) bond motifs is 2. The summed E-state index contributed by atoms with van der Waals surface area (Å²) >= 11 is 0. The normalized spacial score (nSPS) is 18.1. The third kappa shape index (κ3) is 4.63. The van der Waals surface area contributed by atoms with Gasteiger partial charge in [-0.25, -0.2) is 0 Å². The molecule has 0 N–H and O–H groups in total. The van der Waals surface area contributed by atoms with Crippen LogP contribution >= 0.6 is 0 Å². The molecular formula is C25H32N2O5. The minimum Gasteiger partial charge on any atom is -0.497 e. The SMILES string of the molecule is CC[C@H]1CN(CC(=O)N2CCc3cc(OC)c(OC)cc3C2)Cc2cc(OC)ccc2O1. The van der Waals surface area contributed by atoms with Gasteiger partial charge in [0.1, 0.15) is 17.6 Å². The predicted molar refractivity (Wildman–Crippen MR) is 122 cm³/mol. The van der Waals surface area contributed by atoms with E-state index < -0.39 is 0 Å². The second-order valence-electron chi connectivity index (χ2n) is 8.33. The van der Waals surface area contributed by atoms with E-state index in [4.69, 9.17) is 18.9 Å². The first-order valence-corrected chi connectivity index (χ1v) is 11.1. The zero-order chi connectivity index (χ0) is 22.7. The summed E-state index contributed by atoms with van der Waals surface area (Å²) in [4.78, 5) is 17.4. The van der Waals surface area contributed by atoms with Crippen LogP contribution in [0.1, 0.15) is 30.0 Å². The third-order valence-electron chi connectivity index (χ3n) is 6.30. The molecule has 0 aromatic heterocycles. The molecule has 1 atom stereocenters. The molecule has 7 nitrogen and oxygen atoms in total. The number of hydrogen-bond donors (Lipinski definition) is 0. The first-order chi connectivity index (χ1) is 15.5. The van der Waals surface area contributed by atoms with Crippen molar-refractivity contribution in [1.29, 1.82) is 0 Å². The number of nitrogens with zero attached hydrogens (tertiary/aromatic N) is 2. The summed E-state index contributed by atoms with van der Waals surface area (Å²) in [7, 11) is 4.94. The lowest BCUT2D eigenvalue weighted by Crippen LogP contribution is -2.44. The van der Waals surface area contributed by atoms with Crippen molar-refractivity contribution in [2.75, 3.05) is 41.0 Å². The Bertz CT molecular complexity index is 977. The first kappa shape index (κ1) is 22.3. The van der Waals surface area contributed by atoms with Gasteiger partial charge in [0.25, 0.3) is 0 Å². The molecule has 0 saturated heterocycles. The summed E-state index contributed by atoms with van der Waals surface area (Å²) in [5.41, 5.74) is 3.37. The molecular weight excluding hydrogens is 408 g/mol. The van der Waals surface area contributed by atoms with Gasteiger partial charge >= 0.3 is 0 Å². The van der Waals surface area contributed by atoms with E-state index in [0.717, 1.165) is 41.2 Å². The van der Waals surface area contributed by atoms with Gasteiger partial charge in [-0.3, -0.25) is 9.69 Å². The van der Waals surface area contributed by atoms with Crippen LogP contribution in [0.25, 0.3) is 0 Å². The molecule has 0 saturated carbocycles. The average molecular weight is 441 g/mol. The number of benzene rings is 2. The zero-order valence-corrected chi connectivity index (χ0v) is 19.3. The van der Waals surface area contributed by atoms with Gasteiger partial charge in [0, 0.05) is 31.7 Å². The van der Waals surface area contributed by atoms with E-state index in [2.05, 4.69) is 11.8 Å². The molecule has 0 radical (unpaired) electrons. The van der Waals surface area contributed by atoms with Crippen molar-refractivity contribution in [2.45, 2.75) is 39.0 Å². The number of rotatable bonds is 6. The fourth-order valence-electron chi connectivity index (χ4n) is 4.45. The van der Waals surface area contributed by atoms with Gasteiger partial charge in [-0.2, -0.15) is 0 Å². The van der Waals surface area contributed by atoms with Gasteiger partial charge < -0.3 is 23.8 Å². The molecule has 172 valence electrons. The van der Waals surface area contributed by atoms with Crippen LogP contribution in [0.5, 0.6) is 23.0 Å². The maximum atomic E-state index is 13.3. The van der Waals surface area contributed by atoms with E-state index in [1.807, 2.05) is 35.2 Å². The van der Waals surface area contributed by atoms with Crippen molar-refractivity contribution < 1.29 is 23.7 Å². The Kier molecular flexibility index (Phi) is 6.74. The second-order valence-corrected chi connectivity index (χ2v) is 8.33. The molecule has 2 aromatic rings. The van der Waals surface area contributed by atoms with Gasteiger partial charge in [-0.1, -0.05) is 6.92 Å². The average Bonchev–Trinajstić information content (AvgIpc) is 3.00. The van der Waals surface area contributed by atoms with Crippen LogP contribution in [0.15, 0.2) is 30.3 Å². The number of ether oxygens (including phenoxy) is 4. The van der Waals surface area contributed by atoms with E-state index >= 15 is 0 Å².